The van der Waals surface area contributed by atoms with Crippen molar-refractivity contribution < 1.29 is 9.59 Å². The molecular formula is C21H21N3O2. The second-order valence-corrected chi connectivity index (χ2v) is 7.01. The van der Waals surface area contributed by atoms with E-state index in [2.05, 4.69) is 28.9 Å². The number of imidazole rings is 1. The molecule has 2 heterocycles. The Bertz CT molecular complexity index is 1020. The molecule has 1 atom stereocenters. The summed E-state index contributed by atoms with van der Waals surface area (Å²) in [6.07, 6.45) is 4.35. The number of nitrogens with zero attached hydrogens (tertiary/aromatic N) is 2. The van der Waals surface area contributed by atoms with Gasteiger partial charge in [0, 0.05) is 35.5 Å². The first-order chi connectivity index (χ1) is 12.5. The number of aryl methyl sites for hydroxylation is 2. The van der Waals surface area contributed by atoms with Crippen molar-refractivity contribution in [2.75, 3.05) is 5.32 Å². The van der Waals surface area contributed by atoms with Gasteiger partial charge in [-0.15, -0.1) is 0 Å². The second kappa shape index (κ2) is 6.41. The molecule has 4 rings (SSSR count). The largest absolute Gasteiger partial charge is 0.326 e. The smallest absolute Gasteiger partial charge is 0.227 e. The highest BCUT2D eigenvalue weighted by Gasteiger charge is 2.28. The van der Waals surface area contributed by atoms with Crippen molar-refractivity contribution in [3.63, 3.8) is 0 Å². The lowest BCUT2D eigenvalue weighted by Crippen LogP contribution is -2.28. The molecule has 1 aliphatic carbocycles. The van der Waals surface area contributed by atoms with Gasteiger partial charge in [0.1, 0.15) is 5.65 Å². The Kier molecular flexibility index (Phi) is 4.07. The molecule has 2 aromatic heterocycles. The Labute approximate surface area is 152 Å². The van der Waals surface area contributed by atoms with Crippen LogP contribution in [0.2, 0.25) is 0 Å². The van der Waals surface area contributed by atoms with Crippen molar-refractivity contribution >= 4 is 23.0 Å². The van der Waals surface area contributed by atoms with E-state index in [1.54, 1.807) is 18.2 Å². The van der Waals surface area contributed by atoms with Gasteiger partial charge in [0.25, 0.3) is 0 Å². The van der Waals surface area contributed by atoms with Crippen LogP contribution in [0.1, 0.15) is 40.7 Å². The highest BCUT2D eigenvalue weighted by molar-refractivity contribution is 5.97. The maximum Gasteiger partial charge on any atom is 0.227 e. The van der Waals surface area contributed by atoms with E-state index in [-0.39, 0.29) is 17.6 Å². The molecule has 0 aliphatic heterocycles. The summed E-state index contributed by atoms with van der Waals surface area (Å²) >= 11 is 0. The average Bonchev–Trinajstić information content (AvgIpc) is 2.99. The third-order valence-electron chi connectivity index (χ3n) is 5.03. The first-order valence-corrected chi connectivity index (χ1v) is 8.89. The van der Waals surface area contributed by atoms with Crippen molar-refractivity contribution in [2.45, 2.75) is 33.1 Å². The van der Waals surface area contributed by atoms with Crippen molar-refractivity contribution in [3.8, 4) is 0 Å². The zero-order valence-electron chi connectivity index (χ0n) is 15.0. The summed E-state index contributed by atoms with van der Waals surface area (Å²) in [5, 5.41) is 2.97. The second-order valence-electron chi connectivity index (χ2n) is 7.01. The third-order valence-corrected chi connectivity index (χ3v) is 5.03. The molecule has 1 unspecified atom stereocenters. The Morgan fingerprint density at radius 2 is 2.08 bits per heavy atom. The SMILES string of the molecule is CC(=O)c1cccc(NC(=O)C2CCc3nc4ccc(C)cn4c3C2)c1. The molecule has 1 aromatic carbocycles. The van der Waals surface area contributed by atoms with Crippen molar-refractivity contribution in [2.24, 2.45) is 5.92 Å². The maximum atomic E-state index is 12.8. The maximum absolute atomic E-state index is 12.8. The molecular weight excluding hydrogens is 326 g/mol. The number of benzene rings is 1. The zero-order valence-corrected chi connectivity index (χ0v) is 15.0. The van der Waals surface area contributed by atoms with Crippen LogP contribution in [-0.4, -0.2) is 21.1 Å². The minimum absolute atomic E-state index is 0.000967. The van der Waals surface area contributed by atoms with Gasteiger partial charge >= 0.3 is 0 Å². The number of Topliss-reactive ketones (excluding diaryl/α,β-unsaturated/α-hetero) is 1. The number of hydrogen-bond acceptors (Lipinski definition) is 3. The molecule has 1 amide bonds. The monoisotopic (exact) mass is 347 g/mol. The predicted molar refractivity (Wildman–Crippen MR) is 101 cm³/mol. The fourth-order valence-corrected chi connectivity index (χ4v) is 3.60. The number of carbonyl (C=O) groups is 2. The number of anilines is 1. The van der Waals surface area contributed by atoms with E-state index >= 15 is 0 Å². The van der Waals surface area contributed by atoms with Gasteiger partial charge in [-0.1, -0.05) is 18.2 Å². The van der Waals surface area contributed by atoms with E-state index in [0.717, 1.165) is 29.9 Å². The number of amides is 1. The van der Waals surface area contributed by atoms with Crippen LogP contribution in [0.4, 0.5) is 5.69 Å². The summed E-state index contributed by atoms with van der Waals surface area (Å²) < 4.78 is 2.11. The molecule has 0 spiro atoms. The molecule has 0 bridgehead atoms. The van der Waals surface area contributed by atoms with Crippen LogP contribution in [-0.2, 0) is 17.6 Å². The summed E-state index contributed by atoms with van der Waals surface area (Å²) in [5.74, 6) is -0.104. The van der Waals surface area contributed by atoms with Crippen LogP contribution >= 0.6 is 0 Å². The van der Waals surface area contributed by atoms with E-state index < -0.39 is 0 Å². The van der Waals surface area contributed by atoms with Crippen LogP contribution in [0.15, 0.2) is 42.6 Å². The van der Waals surface area contributed by atoms with Crippen molar-refractivity contribution in [1.29, 1.82) is 0 Å². The molecule has 3 aromatic rings. The van der Waals surface area contributed by atoms with Gasteiger partial charge in [0.15, 0.2) is 5.78 Å². The first kappa shape index (κ1) is 16.5. The molecule has 5 nitrogen and oxygen atoms in total. The van der Waals surface area contributed by atoms with Gasteiger partial charge in [-0.3, -0.25) is 9.59 Å². The molecule has 0 fully saturated rings. The topological polar surface area (TPSA) is 63.5 Å². The van der Waals surface area contributed by atoms with E-state index in [9.17, 15) is 9.59 Å². The van der Waals surface area contributed by atoms with E-state index in [4.69, 9.17) is 4.98 Å². The highest BCUT2D eigenvalue weighted by Crippen LogP contribution is 2.27. The lowest BCUT2D eigenvalue weighted by Gasteiger charge is -2.21. The summed E-state index contributed by atoms with van der Waals surface area (Å²) in [4.78, 5) is 29.0. The minimum Gasteiger partial charge on any atom is -0.326 e. The van der Waals surface area contributed by atoms with E-state index in [1.165, 1.54) is 12.5 Å². The Morgan fingerprint density at radius 1 is 1.23 bits per heavy atom. The molecule has 1 N–H and O–H groups in total. The van der Waals surface area contributed by atoms with Gasteiger partial charge in [0.05, 0.1) is 5.69 Å². The lowest BCUT2D eigenvalue weighted by atomic mass is 9.89. The normalized spacial score (nSPS) is 16.3. The predicted octanol–water partition coefficient (Wildman–Crippen LogP) is 3.59. The van der Waals surface area contributed by atoms with Crippen LogP contribution in [0, 0.1) is 12.8 Å². The van der Waals surface area contributed by atoms with Crippen LogP contribution < -0.4 is 5.32 Å². The van der Waals surface area contributed by atoms with E-state index in [1.807, 2.05) is 12.1 Å². The summed E-state index contributed by atoms with van der Waals surface area (Å²) in [6, 6.07) is 11.2. The van der Waals surface area contributed by atoms with Gasteiger partial charge in [-0.25, -0.2) is 4.98 Å². The molecule has 0 radical (unpaired) electrons. The number of pyridine rings is 1. The quantitative estimate of drug-likeness (QED) is 0.737. The third kappa shape index (κ3) is 3.01. The number of fused-ring (bicyclic) bond motifs is 3. The number of hydrogen-bond donors (Lipinski definition) is 1. The Morgan fingerprint density at radius 3 is 2.88 bits per heavy atom. The molecule has 132 valence electrons. The van der Waals surface area contributed by atoms with Crippen LogP contribution in [0.5, 0.6) is 0 Å². The summed E-state index contributed by atoms with van der Waals surface area (Å²) in [5.41, 5.74) is 5.61. The van der Waals surface area contributed by atoms with Gasteiger partial charge < -0.3 is 9.72 Å². The average molecular weight is 347 g/mol. The molecule has 0 saturated heterocycles. The van der Waals surface area contributed by atoms with E-state index in [0.29, 0.717) is 17.7 Å². The standard InChI is InChI=1S/C21H21N3O2/c1-13-6-9-20-23-18-8-7-16(11-19(18)24(20)12-13)21(26)22-17-5-3-4-15(10-17)14(2)25/h3-6,9-10,12,16H,7-8,11H2,1-2H3,(H,22,26). The fourth-order valence-electron chi connectivity index (χ4n) is 3.60. The minimum atomic E-state index is -0.0936. The van der Waals surface area contributed by atoms with Gasteiger partial charge in [-0.05, 0) is 50.5 Å². The molecule has 26 heavy (non-hydrogen) atoms. The molecule has 1 aliphatic rings. The number of rotatable bonds is 3. The van der Waals surface area contributed by atoms with Crippen molar-refractivity contribution in [1.82, 2.24) is 9.38 Å². The van der Waals surface area contributed by atoms with Crippen LogP contribution in [0.3, 0.4) is 0 Å². The first-order valence-electron chi connectivity index (χ1n) is 8.89. The summed E-state index contributed by atoms with van der Waals surface area (Å²) in [6.45, 7) is 3.58. The Hall–Kier alpha value is -2.95. The fraction of sp³-hybridized carbons (Fsp3) is 0.286. The number of nitrogens with one attached hydrogen (secondary N) is 1. The highest BCUT2D eigenvalue weighted by atomic mass is 16.2. The lowest BCUT2D eigenvalue weighted by molar-refractivity contribution is -0.120. The number of aromatic nitrogens is 2. The zero-order chi connectivity index (χ0) is 18.3. The van der Waals surface area contributed by atoms with Crippen LogP contribution in [0.25, 0.3) is 5.65 Å². The molecule has 5 heteroatoms. The number of ketones is 1. The Balaban J connectivity index is 1.56. The summed E-state index contributed by atoms with van der Waals surface area (Å²) in [7, 11) is 0. The number of carbonyl (C=O) groups excluding carboxylic acids is 2. The van der Waals surface area contributed by atoms with Gasteiger partial charge in [-0.2, -0.15) is 0 Å². The van der Waals surface area contributed by atoms with Crippen molar-refractivity contribution in [3.05, 3.63) is 65.1 Å². The molecule has 0 saturated carbocycles. The van der Waals surface area contributed by atoms with Gasteiger partial charge in [0.2, 0.25) is 5.91 Å².